The average Bonchev–Trinajstić information content (AvgIpc) is 3.82. The Hall–Kier alpha value is -4.72. The van der Waals surface area contributed by atoms with Gasteiger partial charge in [0.25, 0.3) is 0 Å². The second-order valence-corrected chi connectivity index (χ2v) is 15.2. The van der Waals surface area contributed by atoms with Gasteiger partial charge in [0.15, 0.2) is 6.29 Å². The van der Waals surface area contributed by atoms with Crippen LogP contribution in [0.5, 0.6) is 0 Å². The lowest BCUT2D eigenvalue weighted by Gasteiger charge is -2.16. The molecule has 0 bridgehead atoms. The number of benzene rings is 4. The highest BCUT2D eigenvalue weighted by atomic mass is 32.1. The second kappa shape index (κ2) is 19.0. The Morgan fingerprint density at radius 3 is 1.33 bits per heavy atom. The maximum absolute atomic E-state index is 10.4. The van der Waals surface area contributed by atoms with E-state index in [2.05, 4.69) is 114 Å². The monoisotopic (exact) mass is 714 g/mol. The molecule has 0 spiro atoms. The Kier molecular flexibility index (Phi) is 14.6. The first-order valence-corrected chi connectivity index (χ1v) is 19.3. The number of carbonyl (C=O) groups excluding carboxylic acids is 1. The van der Waals surface area contributed by atoms with Crippen LogP contribution in [0.25, 0.3) is 21.1 Å². The Labute approximate surface area is 312 Å². The number of hydrogen-bond donors (Lipinski definition) is 1. The number of carbonyl (C=O) groups is 1. The van der Waals surface area contributed by atoms with Crippen LogP contribution < -0.4 is 5.73 Å². The second-order valence-electron chi connectivity index (χ2n) is 13.5. The molecule has 0 atom stereocenters. The predicted octanol–water partition coefficient (Wildman–Crippen LogP) is 12.9. The molecule has 2 heterocycles. The fraction of sp³-hybridized carbons (Fsp3) is 0.273. The van der Waals surface area contributed by atoms with Crippen LogP contribution in [0.4, 0.5) is 11.4 Å². The van der Waals surface area contributed by atoms with Gasteiger partial charge >= 0.3 is 0 Å². The third-order valence-corrected chi connectivity index (χ3v) is 10.1. The van der Waals surface area contributed by atoms with Crippen LogP contribution in [0.15, 0.2) is 113 Å². The molecule has 0 aliphatic rings. The number of thiazole rings is 2. The van der Waals surface area contributed by atoms with Gasteiger partial charge in [0.05, 0.1) is 17.6 Å². The van der Waals surface area contributed by atoms with Crippen molar-refractivity contribution >= 4 is 46.5 Å². The summed E-state index contributed by atoms with van der Waals surface area (Å²) in [6.45, 7) is 17.6. The highest BCUT2D eigenvalue weighted by Gasteiger charge is 2.13. The normalized spacial score (nSPS) is 11.1. The van der Waals surface area contributed by atoms with Crippen molar-refractivity contribution in [3.8, 4) is 21.1 Å². The lowest BCUT2D eigenvalue weighted by Crippen LogP contribution is -2.02. The summed E-state index contributed by atoms with van der Waals surface area (Å²) < 4.78 is 0. The molecular formula is C44H50N4OS2. The minimum absolute atomic E-state index is 0.446. The molecule has 2 aromatic heterocycles. The van der Waals surface area contributed by atoms with Crippen molar-refractivity contribution in [2.45, 2.75) is 79.1 Å². The molecule has 7 heteroatoms. The largest absolute Gasteiger partial charge is 0.398 e. The summed E-state index contributed by atoms with van der Waals surface area (Å²) in [5.74, 6) is 1.92. The Morgan fingerprint density at radius 1 is 0.549 bits per heavy atom. The molecule has 2 N–H and O–H groups in total. The number of nitrogens with zero attached hydrogens (tertiary/aromatic N) is 3. The number of nitrogen functional groups attached to an aromatic ring is 1. The highest BCUT2D eigenvalue weighted by Crippen LogP contribution is 2.35. The van der Waals surface area contributed by atoms with E-state index >= 15 is 0 Å². The van der Waals surface area contributed by atoms with Crippen molar-refractivity contribution in [3.63, 3.8) is 0 Å². The van der Waals surface area contributed by atoms with Gasteiger partial charge < -0.3 is 5.73 Å². The first kappa shape index (κ1) is 39.1. The summed E-state index contributed by atoms with van der Waals surface area (Å²) in [5, 5.41) is 5.75. The Balaban J connectivity index is 0.000000189. The fourth-order valence-electron chi connectivity index (χ4n) is 5.51. The SMILES string of the molecule is CC(C)c1cccc(C(C)C)c1N.CC(C)c1cccc(C(C)C)c1N=Cc1csc(-c2ccccc2)n1.O=Cc1csc(-c2ccccc2)n1. The molecule has 0 unspecified atom stereocenters. The molecule has 0 aliphatic carbocycles. The van der Waals surface area contributed by atoms with Crippen molar-refractivity contribution in [3.05, 3.63) is 141 Å². The van der Waals surface area contributed by atoms with Crippen LogP contribution in [-0.2, 0) is 0 Å². The smallest absolute Gasteiger partial charge is 0.169 e. The van der Waals surface area contributed by atoms with E-state index in [0.29, 0.717) is 29.4 Å². The van der Waals surface area contributed by atoms with Crippen molar-refractivity contribution in [1.82, 2.24) is 9.97 Å². The Bertz CT molecular complexity index is 1940. The summed E-state index contributed by atoms with van der Waals surface area (Å²) in [5.41, 5.74) is 16.9. The molecule has 4 aromatic carbocycles. The predicted molar refractivity (Wildman–Crippen MR) is 221 cm³/mol. The maximum atomic E-state index is 10.4. The molecule has 0 saturated heterocycles. The summed E-state index contributed by atoms with van der Waals surface area (Å²) in [7, 11) is 0. The van der Waals surface area contributed by atoms with Gasteiger partial charge in [0, 0.05) is 27.6 Å². The van der Waals surface area contributed by atoms with Gasteiger partial charge in [0.1, 0.15) is 15.7 Å². The summed E-state index contributed by atoms with van der Waals surface area (Å²) >= 11 is 3.14. The van der Waals surface area contributed by atoms with E-state index in [1.807, 2.05) is 54.7 Å². The molecule has 0 saturated carbocycles. The number of nitrogens with two attached hydrogens (primary N) is 1. The van der Waals surface area contributed by atoms with E-state index in [9.17, 15) is 4.79 Å². The third kappa shape index (κ3) is 10.9. The van der Waals surface area contributed by atoms with E-state index in [4.69, 9.17) is 15.7 Å². The van der Waals surface area contributed by atoms with Crippen LogP contribution in [0, 0.1) is 0 Å². The van der Waals surface area contributed by atoms with Crippen molar-refractivity contribution in [2.24, 2.45) is 4.99 Å². The molecule has 0 radical (unpaired) electrons. The topological polar surface area (TPSA) is 81.2 Å². The van der Waals surface area contributed by atoms with Gasteiger partial charge in [-0.25, -0.2) is 9.97 Å². The average molecular weight is 715 g/mol. The van der Waals surface area contributed by atoms with Gasteiger partial charge in [-0.15, -0.1) is 22.7 Å². The van der Waals surface area contributed by atoms with Gasteiger partial charge in [-0.05, 0) is 45.9 Å². The molecule has 0 aliphatic heterocycles. The van der Waals surface area contributed by atoms with Crippen LogP contribution in [-0.4, -0.2) is 22.5 Å². The standard InChI is InChI=1S/C22H24N2S.C12H19N.C10H7NOS/c1-15(2)19-11-8-12-20(16(3)4)21(19)23-13-18-14-25-22(24-18)17-9-6-5-7-10-17;1-8(2)10-6-5-7-11(9(3)4)12(10)13;12-6-9-7-13-10(11-9)8-4-2-1-3-5-8/h5-16H,1-4H3;5-9H,13H2,1-4H3;1-7H. The zero-order valence-corrected chi connectivity index (χ0v) is 32.6. The molecule has 264 valence electrons. The van der Waals surface area contributed by atoms with Crippen molar-refractivity contribution < 1.29 is 4.79 Å². The van der Waals surface area contributed by atoms with Crippen LogP contribution in [0.1, 0.15) is 117 Å². The number of hydrogen-bond acceptors (Lipinski definition) is 7. The van der Waals surface area contributed by atoms with E-state index in [1.54, 1.807) is 16.7 Å². The molecule has 0 fully saturated rings. The molecular weight excluding hydrogens is 665 g/mol. The van der Waals surface area contributed by atoms with Crippen molar-refractivity contribution in [2.75, 3.05) is 5.73 Å². The van der Waals surface area contributed by atoms with E-state index < -0.39 is 0 Å². The van der Waals surface area contributed by atoms with E-state index in [0.717, 1.165) is 44.5 Å². The lowest BCUT2D eigenvalue weighted by molar-refractivity contribution is 0.111. The van der Waals surface area contributed by atoms with Gasteiger partial charge in [-0.1, -0.05) is 152 Å². The molecule has 51 heavy (non-hydrogen) atoms. The maximum Gasteiger partial charge on any atom is 0.169 e. The highest BCUT2D eigenvalue weighted by molar-refractivity contribution is 7.13. The summed E-state index contributed by atoms with van der Waals surface area (Å²) in [4.78, 5) is 24.1. The number of aliphatic imine (C=N–C) groups is 1. The van der Waals surface area contributed by atoms with Crippen LogP contribution in [0.3, 0.4) is 0 Å². The molecule has 6 rings (SSSR count). The van der Waals surface area contributed by atoms with Gasteiger partial charge in [-0.3, -0.25) is 9.79 Å². The summed E-state index contributed by atoms with van der Waals surface area (Å²) in [6.07, 6.45) is 2.67. The summed E-state index contributed by atoms with van der Waals surface area (Å²) in [6, 6.07) is 32.9. The van der Waals surface area contributed by atoms with Crippen molar-refractivity contribution in [1.29, 1.82) is 0 Å². The Morgan fingerprint density at radius 2 is 0.941 bits per heavy atom. The fourth-order valence-corrected chi connectivity index (χ4v) is 7.06. The number of aldehydes is 1. The number of rotatable bonds is 9. The number of anilines is 1. The van der Waals surface area contributed by atoms with Crippen LogP contribution >= 0.6 is 22.7 Å². The third-order valence-electron chi connectivity index (χ3n) is 8.29. The van der Waals surface area contributed by atoms with Crippen LogP contribution in [0.2, 0.25) is 0 Å². The van der Waals surface area contributed by atoms with E-state index in [1.165, 1.54) is 33.6 Å². The zero-order chi connectivity index (χ0) is 36.9. The molecule has 0 amide bonds. The molecule has 6 aromatic rings. The lowest BCUT2D eigenvalue weighted by atomic mass is 9.93. The van der Waals surface area contributed by atoms with Gasteiger partial charge in [0.2, 0.25) is 0 Å². The molecule has 5 nitrogen and oxygen atoms in total. The minimum Gasteiger partial charge on any atom is -0.398 e. The van der Waals surface area contributed by atoms with E-state index in [-0.39, 0.29) is 0 Å². The first-order chi connectivity index (χ1) is 24.5. The number of aromatic nitrogens is 2. The zero-order valence-electron chi connectivity index (χ0n) is 31.0. The van der Waals surface area contributed by atoms with Gasteiger partial charge in [-0.2, -0.15) is 0 Å². The number of para-hydroxylation sites is 2. The first-order valence-electron chi connectivity index (χ1n) is 17.5. The minimum atomic E-state index is 0.446. The quantitative estimate of drug-likeness (QED) is 0.0918.